The summed E-state index contributed by atoms with van der Waals surface area (Å²) in [7, 11) is 3.42. The molecule has 0 saturated heterocycles. The molecule has 30 heavy (non-hydrogen) atoms. The summed E-state index contributed by atoms with van der Waals surface area (Å²) in [5.74, 6) is 1.36. The van der Waals surface area contributed by atoms with Gasteiger partial charge in [-0.1, -0.05) is 18.2 Å². The molecule has 0 aliphatic carbocycles. The van der Waals surface area contributed by atoms with Crippen LogP contribution in [0, 0.1) is 6.92 Å². The Balaban J connectivity index is 0.00000320. The number of aliphatic imine (C=N–C) groups is 1. The van der Waals surface area contributed by atoms with Gasteiger partial charge in [-0.15, -0.1) is 24.0 Å². The van der Waals surface area contributed by atoms with Crippen molar-refractivity contribution in [1.82, 2.24) is 20.6 Å². The molecule has 0 radical (unpaired) electrons. The van der Waals surface area contributed by atoms with Crippen LogP contribution in [0.25, 0.3) is 10.9 Å². The summed E-state index contributed by atoms with van der Waals surface area (Å²) in [6, 6.07) is 10.4. The van der Waals surface area contributed by atoms with Crippen LogP contribution >= 0.6 is 24.0 Å². The maximum atomic E-state index is 5.48. The van der Waals surface area contributed by atoms with Gasteiger partial charge in [0.1, 0.15) is 6.61 Å². The van der Waals surface area contributed by atoms with E-state index in [1.807, 2.05) is 12.1 Å². The van der Waals surface area contributed by atoms with E-state index in [4.69, 9.17) is 9.47 Å². The molecule has 3 rings (SSSR count). The number of aryl methyl sites for hydroxylation is 1. The van der Waals surface area contributed by atoms with Crippen molar-refractivity contribution in [3.05, 3.63) is 59.4 Å². The van der Waals surface area contributed by atoms with Crippen LogP contribution in [0.15, 0.2) is 47.7 Å². The van der Waals surface area contributed by atoms with Gasteiger partial charge >= 0.3 is 0 Å². The number of nitrogens with zero attached hydrogens (tertiary/aromatic N) is 2. The summed E-state index contributed by atoms with van der Waals surface area (Å²) in [6.45, 7) is 4.58. The van der Waals surface area contributed by atoms with Gasteiger partial charge in [-0.3, -0.25) is 4.99 Å². The van der Waals surface area contributed by atoms with Gasteiger partial charge in [0.2, 0.25) is 5.88 Å². The van der Waals surface area contributed by atoms with Crippen LogP contribution in [0.3, 0.4) is 0 Å². The number of hydrogen-bond donors (Lipinski definition) is 3. The van der Waals surface area contributed by atoms with Crippen LogP contribution in [0.4, 0.5) is 0 Å². The van der Waals surface area contributed by atoms with Crippen molar-refractivity contribution in [2.75, 3.05) is 33.9 Å². The molecule has 2 aromatic heterocycles. The highest BCUT2D eigenvalue weighted by atomic mass is 127. The molecule has 1 aromatic carbocycles. The highest BCUT2D eigenvalue weighted by Crippen LogP contribution is 2.19. The molecule has 8 heteroatoms. The number of pyridine rings is 1. The zero-order valence-corrected chi connectivity index (χ0v) is 20.0. The number of fused-ring (bicyclic) bond motifs is 1. The first-order chi connectivity index (χ1) is 14.2. The van der Waals surface area contributed by atoms with Crippen molar-refractivity contribution in [3.8, 4) is 5.88 Å². The number of ether oxygens (including phenoxy) is 2. The quantitative estimate of drug-likeness (QED) is 0.173. The molecular weight excluding hydrogens is 493 g/mol. The monoisotopic (exact) mass is 523 g/mol. The fourth-order valence-corrected chi connectivity index (χ4v) is 3.06. The van der Waals surface area contributed by atoms with E-state index >= 15 is 0 Å². The Labute approximate surface area is 194 Å². The normalized spacial score (nSPS) is 11.2. The Morgan fingerprint density at radius 2 is 2.03 bits per heavy atom. The fraction of sp³-hybridized carbons (Fsp3) is 0.364. The molecule has 162 valence electrons. The minimum atomic E-state index is 0. The number of H-pyrrole nitrogens is 1. The summed E-state index contributed by atoms with van der Waals surface area (Å²) in [5, 5.41) is 7.96. The van der Waals surface area contributed by atoms with E-state index in [1.54, 1.807) is 20.4 Å². The van der Waals surface area contributed by atoms with E-state index < -0.39 is 0 Å². The maximum Gasteiger partial charge on any atom is 0.213 e. The minimum absolute atomic E-state index is 0. The van der Waals surface area contributed by atoms with Crippen molar-refractivity contribution >= 4 is 40.8 Å². The summed E-state index contributed by atoms with van der Waals surface area (Å²) >= 11 is 0. The molecule has 0 amide bonds. The third-order valence-corrected chi connectivity index (χ3v) is 4.63. The Morgan fingerprint density at radius 1 is 1.17 bits per heavy atom. The van der Waals surface area contributed by atoms with Crippen LogP contribution in [0.2, 0.25) is 0 Å². The highest BCUT2D eigenvalue weighted by Gasteiger charge is 2.05. The number of benzene rings is 1. The standard InChI is InChI=1S/C22H29N5O2.HI/c1-16-4-6-19-18(15-25-20(19)12-16)8-9-24-22(23-2)27-14-17-5-7-21(26-13-17)29-11-10-28-3;/h4-7,12-13,15,25H,8-11,14H2,1-3H3,(H2,23,24,27);1H. The molecule has 0 saturated carbocycles. The summed E-state index contributed by atoms with van der Waals surface area (Å²) in [5.41, 5.74) is 4.80. The van der Waals surface area contributed by atoms with Crippen molar-refractivity contribution in [2.24, 2.45) is 4.99 Å². The molecule has 7 nitrogen and oxygen atoms in total. The second kappa shape index (κ2) is 12.4. The molecule has 0 unspecified atom stereocenters. The lowest BCUT2D eigenvalue weighted by molar-refractivity contribution is 0.143. The van der Waals surface area contributed by atoms with Crippen LogP contribution in [-0.4, -0.2) is 49.8 Å². The number of guanidine groups is 1. The molecule has 3 N–H and O–H groups in total. The van der Waals surface area contributed by atoms with Gasteiger partial charge in [-0.25, -0.2) is 4.98 Å². The van der Waals surface area contributed by atoms with E-state index in [9.17, 15) is 0 Å². The predicted octanol–water partition coefficient (Wildman–Crippen LogP) is 3.42. The molecule has 2 heterocycles. The van der Waals surface area contributed by atoms with Gasteiger partial charge in [0.15, 0.2) is 5.96 Å². The van der Waals surface area contributed by atoms with Crippen LogP contribution < -0.4 is 15.4 Å². The third kappa shape index (κ3) is 6.88. The first-order valence-electron chi connectivity index (χ1n) is 9.77. The molecule has 3 aromatic rings. The first kappa shape index (κ1) is 23.9. The number of methoxy groups -OCH3 is 1. The average Bonchev–Trinajstić information content (AvgIpc) is 3.13. The number of halogens is 1. The molecular formula is C22H30IN5O2. The van der Waals surface area contributed by atoms with Gasteiger partial charge < -0.3 is 25.1 Å². The van der Waals surface area contributed by atoms with Crippen molar-refractivity contribution in [3.63, 3.8) is 0 Å². The summed E-state index contributed by atoms with van der Waals surface area (Å²) < 4.78 is 10.4. The average molecular weight is 523 g/mol. The zero-order valence-electron chi connectivity index (χ0n) is 17.7. The highest BCUT2D eigenvalue weighted by molar-refractivity contribution is 14.0. The second-order valence-electron chi connectivity index (χ2n) is 6.81. The Kier molecular flexibility index (Phi) is 9.88. The largest absolute Gasteiger partial charge is 0.475 e. The zero-order chi connectivity index (χ0) is 20.5. The lowest BCUT2D eigenvalue weighted by Crippen LogP contribution is -2.37. The van der Waals surface area contributed by atoms with Crippen LogP contribution in [0.1, 0.15) is 16.7 Å². The number of nitrogens with one attached hydrogen (secondary N) is 3. The number of rotatable bonds is 9. The SMILES string of the molecule is CN=C(NCCc1c[nH]c2cc(C)ccc12)NCc1ccc(OCCOC)nc1.I. The van der Waals surface area contributed by atoms with Crippen LogP contribution in [0.5, 0.6) is 5.88 Å². The van der Waals surface area contributed by atoms with Crippen molar-refractivity contribution < 1.29 is 9.47 Å². The molecule has 0 aliphatic heterocycles. The van der Waals surface area contributed by atoms with Crippen LogP contribution in [-0.2, 0) is 17.7 Å². The predicted molar refractivity (Wildman–Crippen MR) is 132 cm³/mol. The van der Waals surface area contributed by atoms with Gasteiger partial charge in [-0.05, 0) is 36.1 Å². The lowest BCUT2D eigenvalue weighted by atomic mass is 10.1. The fourth-order valence-electron chi connectivity index (χ4n) is 3.06. The molecule has 0 spiro atoms. The smallest absolute Gasteiger partial charge is 0.213 e. The van der Waals surface area contributed by atoms with E-state index in [-0.39, 0.29) is 24.0 Å². The lowest BCUT2D eigenvalue weighted by Gasteiger charge is -2.12. The van der Waals surface area contributed by atoms with Gasteiger partial charge in [0.05, 0.1) is 6.61 Å². The van der Waals surface area contributed by atoms with Gasteiger partial charge in [-0.2, -0.15) is 0 Å². The molecule has 0 aliphatic rings. The van der Waals surface area contributed by atoms with Gasteiger partial charge in [0, 0.05) is 56.6 Å². The van der Waals surface area contributed by atoms with E-state index in [0.29, 0.717) is 25.6 Å². The molecule has 0 atom stereocenters. The molecule has 0 fully saturated rings. The Morgan fingerprint density at radius 3 is 2.77 bits per heavy atom. The van der Waals surface area contributed by atoms with Gasteiger partial charge in [0.25, 0.3) is 0 Å². The number of aromatic amines is 1. The van der Waals surface area contributed by atoms with E-state index in [2.05, 4.69) is 56.9 Å². The Bertz CT molecular complexity index is 940. The second-order valence-corrected chi connectivity index (χ2v) is 6.81. The minimum Gasteiger partial charge on any atom is -0.475 e. The van der Waals surface area contributed by atoms with E-state index in [1.165, 1.54) is 22.0 Å². The third-order valence-electron chi connectivity index (χ3n) is 4.63. The summed E-state index contributed by atoms with van der Waals surface area (Å²) in [4.78, 5) is 11.9. The maximum absolute atomic E-state index is 5.48. The first-order valence-corrected chi connectivity index (χ1v) is 9.77. The number of hydrogen-bond acceptors (Lipinski definition) is 4. The summed E-state index contributed by atoms with van der Waals surface area (Å²) in [6.07, 6.45) is 4.80. The Hall–Kier alpha value is -2.33. The topological polar surface area (TPSA) is 83.6 Å². The van der Waals surface area contributed by atoms with Crippen molar-refractivity contribution in [2.45, 2.75) is 19.9 Å². The van der Waals surface area contributed by atoms with E-state index in [0.717, 1.165) is 24.5 Å². The molecule has 0 bridgehead atoms. The number of aromatic nitrogens is 2. The van der Waals surface area contributed by atoms with Crippen molar-refractivity contribution in [1.29, 1.82) is 0 Å².